The second-order valence-electron chi connectivity index (χ2n) is 6.18. The molecule has 0 bridgehead atoms. The number of hydrogen-bond donors (Lipinski definition) is 0. The first-order valence-corrected chi connectivity index (χ1v) is 8.63. The van der Waals surface area contributed by atoms with E-state index in [1.165, 1.54) is 38.0 Å². The molecule has 1 fully saturated rings. The number of fused-ring (bicyclic) bond motifs is 1. The van der Waals surface area contributed by atoms with Crippen LogP contribution in [0.1, 0.15) is 25.0 Å². The van der Waals surface area contributed by atoms with Crippen LogP contribution in [0, 0.1) is 0 Å². The van der Waals surface area contributed by atoms with Crippen LogP contribution in [0.5, 0.6) is 0 Å². The highest BCUT2D eigenvalue weighted by Crippen LogP contribution is 2.27. The Morgan fingerprint density at radius 1 is 0.957 bits per heavy atom. The van der Waals surface area contributed by atoms with Gasteiger partial charge in [-0.15, -0.1) is 0 Å². The topological polar surface area (TPSA) is 20.5 Å². The van der Waals surface area contributed by atoms with Crippen molar-refractivity contribution in [2.45, 2.75) is 25.8 Å². The van der Waals surface area contributed by atoms with Gasteiger partial charge in [-0.3, -0.25) is 4.90 Å². The number of imidazole rings is 1. The molecule has 1 aliphatic rings. The van der Waals surface area contributed by atoms with E-state index >= 15 is 0 Å². The summed E-state index contributed by atoms with van der Waals surface area (Å²) in [7, 11) is 0. The molecule has 1 saturated heterocycles. The molecule has 3 aromatic rings. The van der Waals surface area contributed by atoms with Gasteiger partial charge in [-0.05, 0) is 50.2 Å². The van der Waals surface area contributed by atoms with Gasteiger partial charge in [0.1, 0.15) is 5.65 Å². The second kappa shape index (κ2) is 6.34. The zero-order valence-electron chi connectivity index (χ0n) is 13.1. The van der Waals surface area contributed by atoms with Gasteiger partial charge < -0.3 is 4.40 Å². The van der Waals surface area contributed by atoms with Gasteiger partial charge in [0.15, 0.2) is 0 Å². The predicted molar refractivity (Wildman–Crippen MR) is 94.8 cm³/mol. The number of hydrogen-bond acceptors (Lipinski definition) is 2. The maximum atomic E-state index is 6.04. The van der Waals surface area contributed by atoms with Crippen LogP contribution in [0.2, 0.25) is 5.02 Å². The maximum absolute atomic E-state index is 6.04. The molecule has 0 spiro atoms. The lowest BCUT2D eigenvalue weighted by molar-refractivity contribution is 0.218. The SMILES string of the molecule is Clc1ccc(-c2nc3ccccn3c2CN2CCCCC2)cc1. The number of aromatic nitrogens is 2. The van der Waals surface area contributed by atoms with Crippen LogP contribution in [-0.2, 0) is 6.54 Å². The number of pyridine rings is 1. The first kappa shape index (κ1) is 14.7. The molecule has 2 aromatic heterocycles. The second-order valence-corrected chi connectivity index (χ2v) is 6.62. The molecular weight excluding hydrogens is 306 g/mol. The maximum Gasteiger partial charge on any atom is 0.137 e. The van der Waals surface area contributed by atoms with E-state index in [1.54, 1.807) is 0 Å². The fourth-order valence-corrected chi connectivity index (χ4v) is 3.49. The van der Waals surface area contributed by atoms with Crippen molar-refractivity contribution in [1.29, 1.82) is 0 Å². The number of rotatable bonds is 3. The smallest absolute Gasteiger partial charge is 0.137 e. The summed E-state index contributed by atoms with van der Waals surface area (Å²) >= 11 is 6.04. The van der Waals surface area contributed by atoms with E-state index in [0.717, 1.165) is 28.5 Å². The third-order valence-electron chi connectivity index (χ3n) is 4.57. The molecule has 0 radical (unpaired) electrons. The van der Waals surface area contributed by atoms with Gasteiger partial charge in [-0.1, -0.05) is 36.2 Å². The highest BCUT2D eigenvalue weighted by Gasteiger charge is 2.18. The Bertz CT molecular complexity index is 801. The van der Waals surface area contributed by atoms with Crippen LogP contribution < -0.4 is 0 Å². The predicted octanol–water partition coefficient (Wildman–Crippen LogP) is 4.64. The molecule has 0 saturated carbocycles. The minimum Gasteiger partial charge on any atom is -0.302 e. The number of likely N-dealkylation sites (tertiary alicyclic amines) is 1. The molecule has 118 valence electrons. The number of nitrogens with zero attached hydrogens (tertiary/aromatic N) is 3. The van der Waals surface area contributed by atoms with Gasteiger partial charge in [-0.2, -0.15) is 0 Å². The van der Waals surface area contributed by atoms with Crippen molar-refractivity contribution in [3.63, 3.8) is 0 Å². The van der Waals surface area contributed by atoms with Crippen LogP contribution in [0.25, 0.3) is 16.9 Å². The summed E-state index contributed by atoms with van der Waals surface area (Å²) in [6, 6.07) is 14.2. The van der Waals surface area contributed by atoms with Crippen LogP contribution in [0.4, 0.5) is 0 Å². The first-order chi connectivity index (χ1) is 11.3. The molecule has 0 aliphatic carbocycles. The van der Waals surface area contributed by atoms with E-state index in [1.807, 2.05) is 18.2 Å². The van der Waals surface area contributed by atoms with E-state index in [4.69, 9.17) is 16.6 Å². The van der Waals surface area contributed by atoms with Gasteiger partial charge in [0.05, 0.1) is 11.4 Å². The first-order valence-electron chi connectivity index (χ1n) is 8.25. The minimum absolute atomic E-state index is 0.759. The van der Waals surface area contributed by atoms with Crippen molar-refractivity contribution in [3.8, 4) is 11.3 Å². The molecular formula is C19H20ClN3. The molecule has 3 nitrogen and oxygen atoms in total. The molecule has 1 aromatic carbocycles. The van der Waals surface area contributed by atoms with Gasteiger partial charge in [0.25, 0.3) is 0 Å². The van der Waals surface area contributed by atoms with E-state index in [9.17, 15) is 0 Å². The number of piperidine rings is 1. The standard InChI is InChI=1S/C19H20ClN3/c20-16-9-7-15(8-10-16)19-17(14-22-11-3-1-4-12-22)23-13-5-2-6-18(23)21-19/h2,5-10,13H,1,3-4,11-12,14H2. The highest BCUT2D eigenvalue weighted by atomic mass is 35.5. The zero-order chi connectivity index (χ0) is 15.6. The number of benzene rings is 1. The Morgan fingerprint density at radius 2 is 1.74 bits per heavy atom. The van der Waals surface area contributed by atoms with Crippen molar-refractivity contribution in [1.82, 2.24) is 14.3 Å². The Labute approximate surface area is 141 Å². The van der Waals surface area contributed by atoms with E-state index in [-0.39, 0.29) is 0 Å². The lowest BCUT2D eigenvalue weighted by Crippen LogP contribution is -2.29. The quantitative estimate of drug-likeness (QED) is 0.699. The molecule has 0 atom stereocenters. The summed E-state index contributed by atoms with van der Waals surface area (Å²) in [5, 5.41) is 0.759. The Kier molecular flexibility index (Phi) is 4.06. The fourth-order valence-electron chi connectivity index (χ4n) is 3.37. The molecule has 4 rings (SSSR count). The Morgan fingerprint density at radius 3 is 2.52 bits per heavy atom. The van der Waals surface area contributed by atoms with Crippen molar-refractivity contribution in [2.24, 2.45) is 0 Å². The average Bonchev–Trinajstić information content (AvgIpc) is 2.95. The van der Waals surface area contributed by atoms with Crippen LogP contribution in [-0.4, -0.2) is 27.4 Å². The normalized spacial score (nSPS) is 16.0. The van der Waals surface area contributed by atoms with Gasteiger partial charge in [0.2, 0.25) is 0 Å². The minimum atomic E-state index is 0.759. The van der Waals surface area contributed by atoms with Crippen molar-refractivity contribution in [2.75, 3.05) is 13.1 Å². The highest BCUT2D eigenvalue weighted by molar-refractivity contribution is 6.30. The lowest BCUT2D eigenvalue weighted by Gasteiger charge is -2.26. The summed E-state index contributed by atoms with van der Waals surface area (Å²) < 4.78 is 2.22. The summed E-state index contributed by atoms with van der Waals surface area (Å²) in [4.78, 5) is 7.41. The molecule has 0 amide bonds. The third-order valence-corrected chi connectivity index (χ3v) is 4.82. The number of halogens is 1. The Hall–Kier alpha value is -1.84. The van der Waals surface area contributed by atoms with Crippen LogP contribution in [0.15, 0.2) is 48.7 Å². The lowest BCUT2D eigenvalue weighted by atomic mass is 10.1. The van der Waals surface area contributed by atoms with Gasteiger partial charge >= 0.3 is 0 Å². The molecule has 23 heavy (non-hydrogen) atoms. The Balaban J connectivity index is 1.79. The van der Waals surface area contributed by atoms with Crippen molar-refractivity contribution in [3.05, 3.63) is 59.4 Å². The molecule has 0 N–H and O–H groups in total. The summed E-state index contributed by atoms with van der Waals surface area (Å²) in [6.45, 7) is 3.31. The fraction of sp³-hybridized carbons (Fsp3) is 0.316. The molecule has 3 heterocycles. The van der Waals surface area contributed by atoms with Crippen LogP contribution in [0.3, 0.4) is 0 Å². The zero-order valence-corrected chi connectivity index (χ0v) is 13.8. The van der Waals surface area contributed by atoms with E-state index in [0.29, 0.717) is 0 Å². The van der Waals surface area contributed by atoms with Crippen LogP contribution >= 0.6 is 11.6 Å². The third kappa shape index (κ3) is 2.99. The summed E-state index contributed by atoms with van der Waals surface area (Å²) in [5.41, 5.74) is 4.47. The van der Waals surface area contributed by atoms with Crippen molar-refractivity contribution < 1.29 is 0 Å². The summed E-state index contributed by atoms with van der Waals surface area (Å²) in [6.07, 6.45) is 6.06. The van der Waals surface area contributed by atoms with Crippen molar-refractivity contribution >= 4 is 17.2 Å². The monoisotopic (exact) mass is 325 g/mol. The van der Waals surface area contributed by atoms with Gasteiger partial charge in [0, 0.05) is 23.3 Å². The average molecular weight is 326 g/mol. The van der Waals surface area contributed by atoms with Gasteiger partial charge in [-0.25, -0.2) is 4.98 Å². The molecule has 0 unspecified atom stereocenters. The molecule has 4 heteroatoms. The largest absolute Gasteiger partial charge is 0.302 e. The van der Waals surface area contributed by atoms with E-state index in [2.05, 4.69) is 39.8 Å². The molecule has 1 aliphatic heterocycles. The van der Waals surface area contributed by atoms with E-state index < -0.39 is 0 Å². The summed E-state index contributed by atoms with van der Waals surface area (Å²) in [5.74, 6) is 0.